The Hall–Kier alpha value is -1.36. The third kappa shape index (κ3) is 4.56. The number of nitrogens with zero attached hydrogens (tertiary/aromatic N) is 4. The van der Waals surface area contributed by atoms with Crippen LogP contribution in [0.5, 0.6) is 0 Å². The zero-order valence-electron chi connectivity index (χ0n) is 13.9. The molecule has 21 heavy (non-hydrogen) atoms. The van der Waals surface area contributed by atoms with E-state index in [9.17, 15) is 0 Å². The summed E-state index contributed by atoms with van der Waals surface area (Å²) in [6, 6.07) is 2.07. The largest absolute Gasteiger partial charge is 0.370 e. The second-order valence-electron chi connectivity index (χ2n) is 6.11. The van der Waals surface area contributed by atoms with Crippen molar-refractivity contribution in [2.45, 2.75) is 33.1 Å². The Morgan fingerprint density at radius 3 is 2.81 bits per heavy atom. The fraction of sp³-hybridized carbons (Fsp3) is 0.750. The predicted octanol–water partition coefficient (Wildman–Crippen LogP) is 2.25. The van der Waals surface area contributed by atoms with Crippen LogP contribution in [0.2, 0.25) is 0 Å². The number of aromatic nitrogens is 2. The molecular weight excluding hydrogens is 262 g/mol. The highest BCUT2D eigenvalue weighted by molar-refractivity contribution is 5.49. The molecule has 0 bridgehead atoms. The normalized spacial score (nSPS) is 19.0. The fourth-order valence-electron chi connectivity index (χ4n) is 2.94. The maximum Gasteiger partial charge on any atom is 0.134 e. The zero-order valence-corrected chi connectivity index (χ0v) is 13.9. The maximum absolute atomic E-state index is 4.73. The van der Waals surface area contributed by atoms with Gasteiger partial charge in [-0.1, -0.05) is 6.92 Å². The number of anilines is 2. The summed E-state index contributed by atoms with van der Waals surface area (Å²) >= 11 is 0. The van der Waals surface area contributed by atoms with Crippen molar-refractivity contribution in [2.24, 2.45) is 5.92 Å². The number of aryl methyl sites for hydroxylation is 1. The molecule has 0 amide bonds. The molecule has 1 atom stereocenters. The lowest BCUT2D eigenvalue weighted by Crippen LogP contribution is -2.28. The van der Waals surface area contributed by atoms with Gasteiger partial charge in [0.2, 0.25) is 0 Å². The lowest BCUT2D eigenvalue weighted by atomic mass is 10.1. The summed E-state index contributed by atoms with van der Waals surface area (Å²) in [4.78, 5) is 14.0. The monoisotopic (exact) mass is 291 g/mol. The standard InChI is InChI=1S/C16H29N5/c1-5-7-14-18-15(17-6-2)10-16(19-14)21(4)12-13-8-9-20(3)11-13/h10,13H,5-9,11-12H2,1-4H3,(H,17,18,19). The summed E-state index contributed by atoms with van der Waals surface area (Å²) in [5.74, 6) is 3.67. The maximum atomic E-state index is 4.73. The third-order valence-electron chi connectivity index (χ3n) is 4.00. The van der Waals surface area contributed by atoms with Crippen molar-refractivity contribution in [3.63, 3.8) is 0 Å². The Bertz CT molecular complexity index is 424. The first-order valence-corrected chi connectivity index (χ1v) is 8.13. The zero-order chi connectivity index (χ0) is 15.2. The summed E-state index contributed by atoms with van der Waals surface area (Å²) in [5, 5.41) is 3.32. The van der Waals surface area contributed by atoms with Crippen LogP contribution in [0.25, 0.3) is 0 Å². The minimum absolute atomic E-state index is 0.743. The van der Waals surface area contributed by atoms with Gasteiger partial charge in [0.25, 0.3) is 0 Å². The Balaban J connectivity index is 2.08. The van der Waals surface area contributed by atoms with Gasteiger partial charge in [-0.15, -0.1) is 0 Å². The van der Waals surface area contributed by atoms with Crippen LogP contribution in [-0.4, -0.2) is 55.1 Å². The van der Waals surface area contributed by atoms with Gasteiger partial charge in [-0.3, -0.25) is 0 Å². The molecule has 0 saturated carbocycles. The number of likely N-dealkylation sites (tertiary alicyclic amines) is 1. The molecule has 1 aromatic rings. The van der Waals surface area contributed by atoms with E-state index in [1.165, 1.54) is 19.5 Å². The van der Waals surface area contributed by atoms with E-state index in [1.54, 1.807) is 0 Å². The topological polar surface area (TPSA) is 44.3 Å². The molecular formula is C16H29N5. The fourth-order valence-corrected chi connectivity index (χ4v) is 2.94. The molecule has 1 aliphatic rings. The van der Waals surface area contributed by atoms with Gasteiger partial charge in [0.15, 0.2) is 0 Å². The summed E-state index contributed by atoms with van der Waals surface area (Å²) in [6.07, 6.45) is 3.30. The predicted molar refractivity (Wildman–Crippen MR) is 89.1 cm³/mol. The summed E-state index contributed by atoms with van der Waals surface area (Å²) in [5.41, 5.74) is 0. The van der Waals surface area contributed by atoms with Crippen molar-refractivity contribution < 1.29 is 0 Å². The lowest BCUT2D eigenvalue weighted by molar-refractivity contribution is 0.395. The van der Waals surface area contributed by atoms with E-state index in [0.717, 1.165) is 49.3 Å². The Morgan fingerprint density at radius 2 is 2.19 bits per heavy atom. The molecule has 118 valence electrons. The average molecular weight is 291 g/mol. The minimum Gasteiger partial charge on any atom is -0.370 e. The van der Waals surface area contributed by atoms with Crippen LogP contribution in [0.1, 0.15) is 32.5 Å². The van der Waals surface area contributed by atoms with Crippen molar-refractivity contribution >= 4 is 11.6 Å². The number of nitrogens with one attached hydrogen (secondary N) is 1. The van der Waals surface area contributed by atoms with Crippen molar-refractivity contribution in [3.8, 4) is 0 Å². The van der Waals surface area contributed by atoms with Gasteiger partial charge in [-0.25, -0.2) is 9.97 Å². The molecule has 1 N–H and O–H groups in total. The lowest BCUT2D eigenvalue weighted by Gasteiger charge is -2.23. The Morgan fingerprint density at radius 1 is 1.38 bits per heavy atom. The van der Waals surface area contributed by atoms with E-state index >= 15 is 0 Å². The first-order valence-electron chi connectivity index (χ1n) is 8.13. The van der Waals surface area contributed by atoms with Gasteiger partial charge in [0.05, 0.1) is 0 Å². The molecule has 1 aliphatic heterocycles. The number of rotatable bonds is 7. The molecule has 2 heterocycles. The van der Waals surface area contributed by atoms with Crippen LogP contribution in [0.15, 0.2) is 6.07 Å². The van der Waals surface area contributed by atoms with E-state index in [0.29, 0.717) is 0 Å². The Labute approximate surface area is 128 Å². The van der Waals surface area contributed by atoms with Crippen LogP contribution < -0.4 is 10.2 Å². The van der Waals surface area contributed by atoms with Crippen molar-refractivity contribution in [1.29, 1.82) is 0 Å². The smallest absolute Gasteiger partial charge is 0.134 e. The van der Waals surface area contributed by atoms with Crippen LogP contribution >= 0.6 is 0 Å². The van der Waals surface area contributed by atoms with E-state index in [1.807, 2.05) is 0 Å². The second kappa shape index (κ2) is 7.59. The van der Waals surface area contributed by atoms with Crippen molar-refractivity contribution in [1.82, 2.24) is 14.9 Å². The van der Waals surface area contributed by atoms with Crippen molar-refractivity contribution in [2.75, 3.05) is 50.5 Å². The molecule has 1 fully saturated rings. The minimum atomic E-state index is 0.743. The van der Waals surface area contributed by atoms with Gasteiger partial charge in [-0.05, 0) is 39.3 Å². The highest BCUT2D eigenvalue weighted by Crippen LogP contribution is 2.20. The molecule has 2 rings (SSSR count). The van der Waals surface area contributed by atoms with Gasteiger partial charge < -0.3 is 15.1 Å². The highest BCUT2D eigenvalue weighted by atomic mass is 15.2. The van der Waals surface area contributed by atoms with Crippen LogP contribution in [-0.2, 0) is 6.42 Å². The Kier molecular flexibility index (Phi) is 5.79. The third-order valence-corrected chi connectivity index (χ3v) is 4.00. The molecule has 0 aliphatic carbocycles. The van der Waals surface area contributed by atoms with Gasteiger partial charge in [0.1, 0.15) is 17.5 Å². The molecule has 1 aromatic heterocycles. The molecule has 5 nitrogen and oxygen atoms in total. The van der Waals surface area contributed by atoms with Crippen LogP contribution in [0.4, 0.5) is 11.6 Å². The number of hydrogen-bond acceptors (Lipinski definition) is 5. The second-order valence-corrected chi connectivity index (χ2v) is 6.11. The summed E-state index contributed by atoms with van der Waals surface area (Å²) < 4.78 is 0. The number of hydrogen-bond donors (Lipinski definition) is 1. The van der Waals surface area contributed by atoms with E-state index in [2.05, 4.69) is 54.1 Å². The summed E-state index contributed by atoms with van der Waals surface area (Å²) in [6.45, 7) is 8.63. The molecule has 0 aromatic carbocycles. The quantitative estimate of drug-likeness (QED) is 0.835. The van der Waals surface area contributed by atoms with E-state index < -0.39 is 0 Å². The average Bonchev–Trinajstić information content (AvgIpc) is 2.84. The van der Waals surface area contributed by atoms with E-state index in [4.69, 9.17) is 4.98 Å². The molecule has 5 heteroatoms. The molecule has 1 saturated heterocycles. The summed E-state index contributed by atoms with van der Waals surface area (Å²) in [7, 11) is 4.35. The van der Waals surface area contributed by atoms with E-state index in [-0.39, 0.29) is 0 Å². The molecule has 1 unspecified atom stereocenters. The molecule has 0 spiro atoms. The van der Waals surface area contributed by atoms with Gasteiger partial charge in [-0.2, -0.15) is 0 Å². The first kappa shape index (κ1) is 16.0. The van der Waals surface area contributed by atoms with Gasteiger partial charge in [0, 0.05) is 39.2 Å². The molecule has 0 radical (unpaired) electrons. The van der Waals surface area contributed by atoms with Gasteiger partial charge >= 0.3 is 0 Å². The van der Waals surface area contributed by atoms with Crippen LogP contribution in [0.3, 0.4) is 0 Å². The highest BCUT2D eigenvalue weighted by Gasteiger charge is 2.21. The SMILES string of the molecule is CCCc1nc(NCC)cc(N(C)CC2CCN(C)C2)n1. The van der Waals surface area contributed by atoms with Crippen LogP contribution in [0, 0.1) is 5.92 Å². The first-order chi connectivity index (χ1) is 10.1. The van der Waals surface area contributed by atoms with Crippen molar-refractivity contribution in [3.05, 3.63) is 11.9 Å².